The van der Waals surface area contributed by atoms with Gasteiger partial charge in [-0.1, -0.05) is 29.8 Å². The van der Waals surface area contributed by atoms with E-state index in [2.05, 4.69) is 4.98 Å². The minimum atomic E-state index is -0.730. The molecule has 0 radical (unpaired) electrons. The van der Waals surface area contributed by atoms with Crippen molar-refractivity contribution < 1.29 is 28.2 Å². The van der Waals surface area contributed by atoms with E-state index in [1.807, 2.05) is 31.2 Å². The van der Waals surface area contributed by atoms with E-state index in [0.717, 1.165) is 11.1 Å². The van der Waals surface area contributed by atoms with E-state index in [1.165, 1.54) is 18.4 Å². The summed E-state index contributed by atoms with van der Waals surface area (Å²) in [6, 6.07) is 9.61. The molecule has 0 aliphatic carbocycles. The van der Waals surface area contributed by atoms with Crippen LogP contribution >= 0.6 is 0 Å². The Balaban J connectivity index is 1.62. The molecule has 1 aliphatic rings. The van der Waals surface area contributed by atoms with E-state index >= 15 is 0 Å². The minimum Gasteiger partial charge on any atom is -0.463 e. The van der Waals surface area contributed by atoms with Gasteiger partial charge in [0, 0.05) is 32.0 Å². The van der Waals surface area contributed by atoms with Crippen molar-refractivity contribution >= 4 is 23.0 Å². The van der Waals surface area contributed by atoms with Gasteiger partial charge in [0.1, 0.15) is 30.8 Å². The van der Waals surface area contributed by atoms with Gasteiger partial charge in [0.2, 0.25) is 5.71 Å². The van der Waals surface area contributed by atoms with Crippen LogP contribution < -0.4 is 5.69 Å². The highest BCUT2D eigenvalue weighted by Gasteiger charge is 2.39. The molecular formula is C22H22N2O7. The molecule has 0 bridgehead atoms. The standard InChI is InChI=1S/C22H22N2O7/c1-12-4-6-15(7-5-12)17-8-16-10-24(22(27)23-21(16)31-17)20-9-18(29-14(3)26)19(30-20)11-28-13(2)25/h4-8,10,18-20H,9,11H2,1-3H3/t18-,19+,20+/m0/s1. The van der Waals surface area contributed by atoms with Crippen molar-refractivity contribution in [2.24, 2.45) is 0 Å². The molecule has 0 amide bonds. The van der Waals surface area contributed by atoms with Crippen molar-refractivity contribution in [1.82, 2.24) is 9.55 Å². The van der Waals surface area contributed by atoms with E-state index < -0.39 is 36.1 Å². The molecule has 1 fully saturated rings. The number of carbonyl (C=O) groups excluding carboxylic acids is 2. The molecule has 2 aromatic heterocycles. The van der Waals surface area contributed by atoms with Crippen LogP contribution in [0.15, 0.2) is 45.7 Å². The Hall–Kier alpha value is -3.46. The molecule has 1 saturated heterocycles. The molecule has 0 N–H and O–H groups in total. The summed E-state index contributed by atoms with van der Waals surface area (Å²) in [6.07, 6.45) is -0.242. The third-order valence-corrected chi connectivity index (χ3v) is 5.03. The van der Waals surface area contributed by atoms with Crippen LogP contribution in [0.1, 0.15) is 32.1 Å². The molecular weight excluding hydrogens is 404 g/mol. The summed E-state index contributed by atoms with van der Waals surface area (Å²) in [4.78, 5) is 39.3. The second-order valence-corrected chi connectivity index (χ2v) is 7.48. The first-order valence-corrected chi connectivity index (χ1v) is 9.86. The summed E-state index contributed by atoms with van der Waals surface area (Å²) in [5.41, 5.74) is 1.66. The van der Waals surface area contributed by atoms with Gasteiger partial charge in [0.05, 0.1) is 5.39 Å². The number of hydrogen-bond acceptors (Lipinski definition) is 8. The second-order valence-electron chi connectivity index (χ2n) is 7.48. The van der Waals surface area contributed by atoms with Crippen LogP contribution in [0.25, 0.3) is 22.4 Å². The van der Waals surface area contributed by atoms with Gasteiger partial charge in [0.25, 0.3) is 0 Å². The van der Waals surface area contributed by atoms with Crippen LogP contribution in [-0.4, -0.2) is 40.3 Å². The Bertz CT molecular complexity index is 1180. The van der Waals surface area contributed by atoms with Gasteiger partial charge in [-0.25, -0.2) is 4.79 Å². The van der Waals surface area contributed by atoms with Crippen LogP contribution in [0.2, 0.25) is 0 Å². The van der Waals surface area contributed by atoms with Gasteiger partial charge in [0.15, 0.2) is 0 Å². The largest absolute Gasteiger partial charge is 0.463 e. The normalized spacial score (nSPS) is 20.7. The van der Waals surface area contributed by atoms with Gasteiger partial charge in [-0.05, 0) is 13.0 Å². The molecule has 162 valence electrons. The van der Waals surface area contributed by atoms with Crippen LogP contribution in [0.3, 0.4) is 0 Å². The van der Waals surface area contributed by atoms with Crippen LogP contribution in [0, 0.1) is 6.92 Å². The molecule has 9 heteroatoms. The number of fused-ring (bicyclic) bond motifs is 1. The minimum absolute atomic E-state index is 0.0858. The van der Waals surface area contributed by atoms with Gasteiger partial charge < -0.3 is 18.6 Å². The molecule has 0 saturated carbocycles. The number of aromatic nitrogens is 2. The number of rotatable bonds is 5. The quantitative estimate of drug-likeness (QED) is 0.573. The Kier molecular flexibility index (Phi) is 5.60. The average Bonchev–Trinajstić information content (AvgIpc) is 3.29. The third-order valence-electron chi connectivity index (χ3n) is 5.03. The SMILES string of the molecule is CC(=O)OC[C@H]1O[C@@H](n2cc3cc(-c4ccc(C)cc4)oc3nc2=O)C[C@@H]1OC(C)=O. The fourth-order valence-corrected chi connectivity index (χ4v) is 3.55. The van der Waals surface area contributed by atoms with E-state index in [4.69, 9.17) is 18.6 Å². The van der Waals surface area contributed by atoms with Crippen molar-refractivity contribution in [1.29, 1.82) is 0 Å². The van der Waals surface area contributed by atoms with Crippen LogP contribution in [-0.2, 0) is 23.8 Å². The van der Waals surface area contributed by atoms with E-state index in [1.54, 1.807) is 12.3 Å². The monoisotopic (exact) mass is 426 g/mol. The van der Waals surface area contributed by atoms with Crippen molar-refractivity contribution in [3.63, 3.8) is 0 Å². The number of ether oxygens (including phenoxy) is 3. The maximum Gasteiger partial charge on any atom is 0.353 e. The molecule has 3 aromatic rings. The van der Waals surface area contributed by atoms with E-state index in [9.17, 15) is 14.4 Å². The van der Waals surface area contributed by atoms with Gasteiger partial charge in [-0.2, -0.15) is 4.98 Å². The lowest BCUT2D eigenvalue weighted by Crippen LogP contribution is -2.31. The number of aryl methyl sites for hydroxylation is 1. The van der Waals surface area contributed by atoms with Crippen LogP contribution in [0.5, 0.6) is 0 Å². The third kappa shape index (κ3) is 4.51. The number of esters is 2. The van der Waals surface area contributed by atoms with Crippen molar-refractivity contribution in [3.05, 3.63) is 52.6 Å². The predicted molar refractivity (Wildman–Crippen MR) is 109 cm³/mol. The zero-order valence-corrected chi connectivity index (χ0v) is 17.4. The van der Waals surface area contributed by atoms with Gasteiger partial charge in [-0.3, -0.25) is 14.2 Å². The molecule has 9 nitrogen and oxygen atoms in total. The summed E-state index contributed by atoms with van der Waals surface area (Å²) in [7, 11) is 0. The number of benzene rings is 1. The summed E-state index contributed by atoms with van der Waals surface area (Å²) < 4.78 is 23.3. The van der Waals surface area contributed by atoms with E-state index in [0.29, 0.717) is 11.1 Å². The zero-order chi connectivity index (χ0) is 22.1. The lowest BCUT2D eigenvalue weighted by molar-refractivity contribution is -0.155. The molecule has 0 unspecified atom stereocenters. The fourth-order valence-electron chi connectivity index (χ4n) is 3.55. The number of carbonyl (C=O) groups is 2. The molecule has 3 atom stereocenters. The molecule has 1 aliphatic heterocycles. The fraction of sp³-hybridized carbons (Fsp3) is 0.364. The number of furan rings is 1. The highest BCUT2D eigenvalue weighted by molar-refractivity contribution is 5.79. The number of nitrogens with zero attached hydrogens (tertiary/aromatic N) is 2. The van der Waals surface area contributed by atoms with Crippen molar-refractivity contribution in [3.8, 4) is 11.3 Å². The molecule has 1 aromatic carbocycles. The number of hydrogen-bond donors (Lipinski definition) is 0. The first-order chi connectivity index (χ1) is 14.8. The second kappa shape index (κ2) is 8.35. The van der Waals surface area contributed by atoms with E-state index in [-0.39, 0.29) is 18.7 Å². The lowest BCUT2D eigenvalue weighted by atomic mass is 10.1. The Labute approximate surface area is 177 Å². The predicted octanol–water partition coefficient (Wildman–Crippen LogP) is 2.75. The highest BCUT2D eigenvalue weighted by atomic mass is 16.6. The summed E-state index contributed by atoms with van der Waals surface area (Å²) in [5, 5.41) is 0.631. The van der Waals surface area contributed by atoms with Gasteiger partial charge >= 0.3 is 17.6 Å². The summed E-state index contributed by atoms with van der Waals surface area (Å²) in [6.45, 7) is 4.47. The average molecular weight is 426 g/mol. The van der Waals surface area contributed by atoms with Gasteiger partial charge in [-0.15, -0.1) is 0 Å². The maximum absolute atomic E-state index is 12.6. The first kappa shape index (κ1) is 20.8. The molecule has 0 spiro atoms. The van der Waals surface area contributed by atoms with Crippen LogP contribution in [0.4, 0.5) is 0 Å². The zero-order valence-electron chi connectivity index (χ0n) is 17.4. The highest BCUT2D eigenvalue weighted by Crippen LogP contribution is 2.32. The van der Waals surface area contributed by atoms with Crippen molar-refractivity contribution in [2.75, 3.05) is 6.61 Å². The topological polar surface area (TPSA) is 110 Å². The molecule has 3 heterocycles. The summed E-state index contributed by atoms with van der Waals surface area (Å²) in [5.74, 6) is -0.367. The maximum atomic E-state index is 12.6. The summed E-state index contributed by atoms with van der Waals surface area (Å²) >= 11 is 0. The first-order valence-electron chi connectivity index (χ1n) is 9.86. The Morgan fingerprint density at radius 1 is 1.19 bits per heavy atom. The Morgan fingerprint density at radius 2 is 1.94 bits per heavy atom. The smallest absolute Gasteiger partial charge is 0.353 e. The molecule has 31 heavy (non-hydrogen) atoms. The molecule has 4 rings (SSSR count). The lowest BCUT2D eigenvalue weighted by Gasteiger charge is -2.17. The Morgan fingerprint density at radius 3 is 2.61 bits per heavy atom. The van der Waals surface area contributed by atoms with Crippen molar-refractivity contribution in [2.45, 2.75) is 45.6 Å².